The lowest BCUT2D eigenvalue weighted by atomic mass is 9.92. The average molecular weight is 286 g/mol. The van der Waals surface area contributed by atoms with Crippen molar-refractivity contribution in [3.63, 3.8) is 0 Å². The van der Waals surface area contributed by atoms with Gasteiger partial charge in [-0.25, -0.2) is 0 Å². The van der Waals surface area contributed by atoms with Gasteiger partial charge in [0, 0.05) is 17.5 Å². The third-order valence-corrected chi connectivity index (χ3v) is 5.35. The summed E-state index contributed by atoms with van der Waals surface area (Å²) >= 11 is 1.94. The number of rotatable bonds is 3. The maximum absolute atomic E-state index is 2.50. The Hall–Kier alpha value is -1.15. The molecule has 1 nitrogen and oxygen atoms in total. The van der Waals surface area contributed by atoms with Gasteiger partial charge >= 0.3 is 0 Å². The lowest BCUT2D eigenvalue weighted by molar-refractivity contribution is -0.599. The van der Waals surface area contributed by atoms with E-state index in [9.17, 15) is 0 Å². The van der Waals surface area contributed by atoms with Crippen LogP contribution in [0, 0.1) is 0 Å². The normalized spacial score (nSPS) is 14.3. The summed E-state index contributed by atoms with van der Waals surface area (Å²) in [4.78, 5) is 1.60. The van der Waals surface area contributed by atoms with Crippen LogP contribution in [0.1, 0.15) is 67.6 Å². The van der Waals surface area contributed by atoms with Crippen LogP contribution in [-0.4, -0.2) is 0 Å². The highest BCUT2D eigenvalue weighted by Gasteiger charge is 2.30. The lowest BCUT2D eigenvalue weighted by Crippen LogP contribution is -2.35. The first kappa shape index (κ1) is 13.8. The SMILES string of the molecule is CC(C)c1cccc(C(C)C)c1-[n+]1csc2c1CCC2. The van der Waals surface area contributed by atoms with Gasteiger partial charge in [-0.05, 0) is 24.7 Å². The van der Waals surface area contributed by atoms with Gasteiger partial charge in [-0.3, -0.25) is 0 Å². The van der Waals surface area contributed by atoms with Crippen LogP contribution in [0.2, 0.25) is 0 Å². The molecule has 1 aliphatic rings. The van der Waals surface area contributed by atoms with Crippen LogP contribution in [0.5, 0.6) is 0 Å². The maximum atomic E-state index is 2.50. The smallest absolute Gasteiger partial charge is 0.153 e. The van der Waals surface area contributed by atoms with Crippen molar-refractivity contribution in [3.8, 4) is 5.69 Å². The van der Waals surface area contributed by atoms with Crippen molar-refractivity contribution in [2.45, 2.75) is 58.8 Å². The predicted octanol–water partition coefficient (Wildman–Crippen LogP) is 4.76. The van der Waals surface area contributed by atoms with E-state index in [1.807, 2.05) is 11.3 Å². The quantitative estimate of drug-likeness (QED) is 0.716. The monoisotopic (exact) mass is 286 g/mol. The molecule has 3 rings (SSSR count). The molecule has 2 heteroatoms. The minimum absolute atomic E-state index is 0.563. The van der Waals surface area contributed by atoms with Crippen LogP contribution >= 0.6 is 11.3 Å². The van der Waals surface area contributed by atoms with Crippen LogP contribution in [-0.2, 0) is 12.8 Å². The molecule has 0 atom stereocenters. The van der Waals surface area contributed by atoms with Crippen molar-refractivity contribution >= 4 is 11.3 Å². The number of fused-ring (bicyclic) bond motifs is 1. The number of benzene rings is 1. The first-order valence-corrected chi connectivity index (χ1v) is 8.61. The molecule has 1 aromatic heterocycles. The Morgan fingerprint density at radius 3 is 2.25 bits per heavy atom. The zero-order valence-corrected chi connectivity index (χ0v) is 13.8. The van der Waals surface area contributed by atoms with Crippen LogP contribution in [0.15, 0.2) is 23.7 Å². The fraction of sp³-hybridized carbons (Fsp3) is 0.500. The second-order valence-corrected chi connectivity index (χ2v) is 7.35. The molecule has 0 saturated heterocycles. The summed E-state index contributed by atoms with van der Waals surface area (Å²) < 4.78 is 2.50. The molecule has 0 bridgehead atoms. The molecule has 0 aliphatic heterocycles. The molecule has 0 saturated carbocycles. The van der Waals surface area contributed by atoms with Crippen molar-refractivity contribution in [3.05, 3.63) is 45.4 Å². The van der Waals surface area contributed by atoms with Gasteiger partial charge in [-0.2, -0.15) is 4.57 Å². The van der Waals surface area contributed by atoms with E-state index >= 15 is 0 Å². The molecule has 2 aromatic rings. The highest BCUT2D eigenvalue weighted by molar-refractivity contribution is 7.09. The van der Waals surface area contributed by atoms with Gasteiger partial charge in [0.15, 0.2) is 0 Å². The Morgan fingerprint density at radius 2 is 1.65 bits per heavy atom. The van der Waals surface area contributed by atoms with E-state index in [1.165, 1.54) is 36.1 Å². The van der Waals surface area contributed by atoms with Gasteiger partial charge in [0.05, 0.1) is 4.88 Å². The van der Waals surface area contributed by atoms with Gasteiger partial charge in [-0.1, -0.05) is 57.2 Å². The zero-order valence-electron chi connectivity index (χ0n) is 12.9. The van der Waals surface area contributed by atoms with E-state index in [0.717, 1.165) is 0 Å². The zero-order chi connectivity index (χ0) is 14.3. The number of thiazole rings is 1. The molecule has 0 spiro atoms. The number of aryl methyl sites for hydroxylation is 1. The van der Waals surface area contributed by atoms with Crippen molar-refractivity contribution in [1.82, 2.24) is 0 Å². The summed E-state index contributed by atoms with van der Waals surface area (Å²) in [5, 5.41) is 0. The first-order chi connectivity index (χ1) is 9.59. The van der Waals surface area contributed by atoms with Crippen molar-refractivity contribution in [2.75, 3.05) is 0 Å². The topological polar surface area (TPSA) is 3.88 Å². The van der Waals surface area contributed by atoms with Crippen molar-refractivity contribution in [1.29, 1.82) is 0 Å². The third-order valence-electron chi connectivity index (χ3n) is 4.31. The van der Waals surface area contributed by atoms with E-state index in [4.69, 9.17) is 0 Å². The Bertz CT molecular complexity index is 596. The fourth-order valence-electron chi connectivity index (χ4n) is 3.24. The summed E-state index contributed by atoms with van der Waals surface area (Å²) in [6.07, 6.45) is 3.83. The van der Waals surface area contributed by atoms with Crippen molar-refractivity contribution < 1.29 is 4.57 Å². The number of nitrogens with zero attached hydrogens (tertiary/aromatic N) is 1. The molecule has 0 radical (unpaired) electrons. The minimum Gasteiger partial charge on any atom is -0.153 e. The summed E-state index contributed by atoms with van der Waals surface area (Å²) in [5.74, 6) is 1.13. The molecule has 1 aromatic carbocycles. The molecule has 106 valence electrons. The van der Waals surface area contributed by atoms with E-state index in [0.29, 0.717) is 11.8 Å². The van der Waals surface area contributed by atoms with Crippen LogP contribution in [0.4, 0.5) is 0 Å². The Balaban J connectivity index is 2.25. The second kappa shape index (κ2) is 5.33. The molecule has 20 heavy (non-hydrogen) atoms. The summed E-state index contributed by atoms with van der Waals surface area (Å²) in [7, 11) is 0. The summed E-state index contributed by atoms with van der Waals surface area (Å²) in [6.45, 7) is 9.21. The van der Waals surface area contributed by atoms with E-state index in [2.05, 4.69) is 56.0 Å². The molecule has 0 unspecified atom stereocenters. The van der Waals surface area contributed by atoms with Crippen LogP contribution in [0.25, 0.3) is 5.69 Å². The number of hydrogen-bond donors (Lipinski definition) is 0. The maximum Gasteiger partial charge on any atom is 0.231 e. The summed E-state index contributed by atoms with van der Waals surface area (Å²) in [6, 6.07) is 6.83. The highest BCUT2D eigenvalue weighted by atomic mass is 32.1. The molecule has 0 amide bonds. The second-order valence-electron chi connectivity index (χ2n) is 6.41. The number of para-hydroxylation sites is 1. The largest absolute Gasteiger partial charge is 0.231 e. The Morgan fingerprint density at radius 1 is 1.00 bits per heavy atom. The van der Waals surface area contributed by atoms with E-state index < -0.39 is 0 Å². The van der Waals surface area contributed by atoms with Crippen LogP contribution < -0.4 is 4.57 Å². The minimum atomic E-state index is 0.563. The summed E-state index contributed by atoms with van der Waals surface area (Å²) in [5.41, 5.74) is 8.31. The van der Waals surface area contributed by atoms with Gasteiger partial charge in [0.25, 0.3) is 0 Å². The van der Waals surface area contributed by atoms with Gasteiger partial charge in [0.1, 0.15) is 0 Å². The predicted molar refractivity (Wildman–Crippen MR) is 86.1 cm³/mol. The Kier molecular flexibility index (Phi) is 3.68. The first-order valence-electron chi connectivity index (χ1n) is 7.73. The van der Waals surface area contributed by atoms with Gasteiger partial charge in [-0.15, -0.1) is 0 Å². The molecular formula is C18H24NS+. The number of aromatic nitrogens is 1. The van der Waals surface area contributed by atoms with E-state index in [1.54, 1.807) is 10.6 Å². The molecule has 0 fully saturated rings. The molecule has 1 heterocycles. The van der Waals surface area contributed by atoms with Crippen LogP contribution in [0.3, 0.4) is 0 Å². The molecule has 0 N–H and O–H groups in total. The van der Waals surface area contributed by atoms with E-state index in [-0.39, 0.29) is 0 Å². The number of hydrogen-bond acceptors (Lipinski definition) is 1. The average Bonchev–Trinajstić information content (AvgIpc) is 2.99. The highest BCUT2D eigenvalue weighted by Crippen LogP contribution is 2.31. The van der Waals surface area contributed by atoms with Gasteiger partial charge in [0.2, 0.25) is 16.9 Å². The fourth-order valence-corrected chi connectivity index (χ4v) is 4.30. The lowest BCUT2D eigenvalue weighted by Gasteiger charge is -2.14. The third kappa shape index (κ3) is 2.20. The Labute approximate surface area is 126 Å². The van der Waals surface area contributed by atoms with Gasteiger partial charge < -0.3 is 0 Å². The molecular weight excluding hydrogens is 262 g/mol. The van der Waals surface area contributed by atoms with Crippen molar-refractivity contribution in [2.24, 2.45) is 0 Å². The molecule has 1 aliphatic carbocycles. The standard InChI is InChI=1S/C18H24NS/c1-12(2)14-7-5-8-15(13(3)4)18(14)19-11-20-17-10-6-9-16(17)19/h5,7-8,11-13H,6,9-10H2,1-4H3/q+1.